The summed E-state index contributed by atoms with van der Waals surface area (Å²) in [4.78, 5) is 16.1. The van der Waals surface area contributed by atoms with Gasteiger partial charge in [0.05, 0.1) is 24.3 Å². The first-order valence-electron chi connectivity index (χ1n) is 7.93. The topological polar surface area (TPSA) is 65.2 Å². The van der Waals surface area contributed by atoms with Gasteiger partial charge in [-0.15, -0.1) is 0 Å². The van der Waals surface area contributed by atoms with Gasteiger partial charge in [0.2, 0.25) is 5.91 Å². The Labute approximate surface area is 135 Å². The Morgan fingerprint density at radius 3 is 3.09 bits per heavy atom. The summed E-state index contributed by atoms with van der Waals surface area (Å²) < 4.78 is 1.92. The van der Waals surface area contributed by atoms with E-state index in [4.69, 9.17) is 5.26 Å². The average Bonchev–Trinajstić information content (AvgIpc) is 3.20. The van der Waals surface area contributed by atoms with E-state index in [0.29, 0.717) is 6.54 Å². The highest BCUT2D eigenvalue weighted by Crippen LogP contribution is 2.21. The number of aromatic nitrogens is 2. The van der Waals surface area contributed by atoms with E-state index in [9.17, 15) is 4.79 Å². The Morgan fingerprint density at radius 1 is 1.52 bits per heavy atom. The van der Waals surface area contributed by atoms with E-state index in [-0.39, 0.29) is 24.7 Å². The van der Waals surface area contributed by atoms with Crippen molar-refractivity contribution in [1.82, 2.24) is 19.6 Å². The highest BCUT2D eigenvalue weighted by atomic mass is 16.2. The van der Waals surface area contributed by atoms with Gasteiger partial charge < -0.3 is 4.90 Å². The SMILES string of the molecule is C[C@@H](N(C)CC(=O)N1CCC[C@H]1C#N)n1ncc2ccccc21. The molecule has 1 amide bonds. The molecule has 3 rings (SSSR count). The normalized spacial score (nSPS) is 19.2. The molecule has 2 heterocycles. The third-order valence-corrected chi connectivity index (χ3v) is 4.60. The second kappa shape index (κ2) is 6.39. The van der Waals surface area contributed by atoms with Gasteiger partial charge in [0, 0.05) is 11.9 Å². The van der Waals surface area contributed by atoms with E-state index >= 15 is 0 Å². The molecular formula is C17H21N5O. The number of carbonyl (C=O) groups is 1. The lowest BCUT2D eigenvalue weighted by Gasteiger charge is -2.28. The van der Waals surface area contributed by atoms with E-state index in [2.05, 4.69) is 11.2 Å². The first kappa shape index (κ1) is 15.5. The predicted molar refractivity (Wildman–Crippen MR) is 87.4 cm³/mol. The van der Waals surface area contributed by atoms with Crippen LogP contribution in [0, 0.1) is 11.3 Å². The van der Waals surface area contributed by atoms with Gasteiger partial charge in [-0.25, -0.2) is 4.68 Å². The Kier molecular flexibility index (Phi) is 4.30. The molecule has 23 heavy (non-hydrogen) atoms. The molecule has 1 aromatic heterocycles. The number of hydrogen-bond donors (Lipinski definition) is 0. The van der Waals surface area contributed by atoms with Crippen LogP contribution >= 0.6 is 0 Å². The minimum Gasteiger partial charge on any atom is -0.326 e. The maximum Gasteiger partial charge on any atom is 0.237 e. The van der Waals surface area contributed by atoms with E-state index in [0.717, 1.165) is 23.7 Å². The summed E-state index contributed by atoms with van der Waals surface area (Å²) in [6, 6.07) is 9.98. The number of benzene rings is 1. The third kappa shape index (κ3) is 2.92. The number of fused-ring (bicyclic) bond motifs is 1. The summed E-state index contributed by atoms with van der Waals surface area (Å²) in [7, 11) is 1.91. The standard InChI is InChI=1S/C17H21N5O/c1-13(22-16-8-4-3-6-14(16)11-19-22)20(2)12-17(23)21-9-5-7-15(21)10-18/h3-4,6,8,11,13,15H,5,7,9,12H2,1-2H3/t13-,15-/m0/s1. The number of nitrogens with zero attached hydrogens (tertiary/aromatic N) is 5. The van der Waals surface area contributed by atoms with Gasteiger partial charge in [-0.1, -0.05) is 18.2 Å². The molecule has 2 atom stereocenters. The number of likely N-dealkylation sites (tertiary alicyclic amines) is 1. The molecule has 1 aliphatic heterocycles. The quantitative estimate of drug-likeness (QED) is 0.866. The van der Waals surface area contributed by atoms with Crippen LogP contribution in [0.3, 0.4) is 0 Å². The van der Waals surface area contributed by atoms with Crippen molar-refractivity contribution in [1.29, 1.82) is 5.26 Å². The predicted octanol–water partition coefficient (Wildman–Crippen LogP) is 2.00. The Morgan fingerprint density at radius 2 is 2.30 bits per heavy atom. The van der Waals surface area contributed by atoms with E-state index in [1.807, 2.05) is 54.0 Å². The average molecular weight is 311 g/mol. The molecule has 0 unspecified atom stereocenters. The largest absolute Gasteiger partial charge is 0.326 e. The van der Waals surface area contributed by atoms with Gasteiger partial charge in [-0.05, 0) is 32.9 Å². The molecular weight excluding hydrogens is 290 g/mol. The maximum atomic E-state index is 12.5. The van der Waals surface area contributed by atoms with Crippen molar-refractivity contribution in [2.24, 2.45) is 0 Å². The van der Waals surface area contributed by atoms with Gasteiger partial charge in [0.15, 0.2) is 0 Å². The molecule has 1 saturated heterocycles. The van der Waals surface area contributed by atoms with Crippen molar-refractivity contribution in [3.8, 4) is 6.07 Å². The van der Waals surface area contributed by atoms with Crippen LogP contribution in [0.1, 0.15) is 25.9 Å². The highest BCUT2D eigenvalue weighted by Gasteiger charge is 2.29. The van der Waals surface area contributed by atoms with Gasteiger partial charge >= 0.3 is 0 Å². The van der Waals surface area contributed by atoms with Crippen LogP contribution in [0.2, 0.25) is 0 Å². The van der Waals surface area contributed by atoms with Crippen LogP contribution in [-0.2, 0) is 4.79 Å². The number of likely N-dealkylation sites (N-methyl/N-ethyl adjacent to an activating group) is 1. The summed E-state index contributed by atoms with van der Waals surface area (Å²) >= 11 is 0. The molecule has 0 saturated carbocycles. The number of rotatable bonds is 4. The first-order valence-corrected chi connectivity index (χ1v) is 7.93. The van der Waals surface area contributed by atoms with Crippen LogP contribution in [0.5, 0.6) is 0 Å². The summed E-state index contributed by atoms with van der Waals surface area (Å²) in [5.41, 5.74) is 1.05. The van der Waals surface area contributed by atoms with Crippen LogP contribution in [-0.4, -0.2) is 51.7 Å². The first-order chi connectivity index (χ1) is 11.1. The van der Waals surface area contributed by atoms with Crippen molar-refractivity contribution >= 4 is 16.8 Å². The monoisotopic (exact) mass is 311 g/mol. The zero-order valence-electron chi connectivity index (χ0n) is 13.5. The van der Waals surface area contributed by atoms with Gasteiger partial charge in [0.1, 0.15) is 12.2 Å². The molecule has 6 nitrogen and oxygen atoms in total. The zero-order valence-corrected chi connectivity index (χ0v) is 13.5. The molecule has 2 aromatic rings. The number of para-hydroxylation sites is 1. The van der Waals surface area contributed by atoms with Crippen LogP contribution in [0.25, 0.3) is 10.9 Å². The highest BCUT2D eigenvalue weighted by molar-refractivity contribution is 5.80. The van der Waals surface area contributed by atoms with E-state index < -0.39 is 0 Å². The summed E-state index contributed by atoms with van der Waals surface area (Å²) in [5, 5.41) is 14.7. The lowest BCUT2D eigenvalue weighted by Crippen LogP contribution is -2.42. The number of carbonyl (C=O) groups excluding carboxylic acids is 1. The second-order valence-corrected chi connectivity index (χ2v) is 6.07. The summed E-state index contributed by atoms with van der Waals surface area (Å²) in [5.74, 6) is 0.0138. The third-order valence-electron chi connectivity index (χ3n) is 4.60. The van der Waals surface area contributed by atoms with Crippen molar-refractivity contribution in [3.63, 3.8) is 0 Å². The number of hydrogen-bond acceptors (Lipinski definition) is 4. The van der Waals surface area contributed by atoms with Crippen LogP contribution in [0.4, 0.5) is 0 Å². The molecule has 0 bridgehead atoms. The lowest BCUT2D eigenvalue weighted by atomic mass is 10.2. The van der Waals surface area contributed by atoms with Crippen LogP contribution < -0.4 is 0 Å². The molecule has 6 heteroatoms. The maximum absolute atomic E-state index is 12.5. The minimum atomic E-state index is -0.267. The van der Waals surface area contributed by atoms with Gasteiger partial charge in [-0.3, -0.25) is 9.69 Å². The Balaban J connectivity index is 1.71. The molecule has 0 spiro atoms. The van der Waals surface area contributed by atoms with E-state index in [1.165, 1.54) is 0 Å². The molecule has 0 N–H and O–H groups in total. The summed E-state index contributed by atoms with van der Waals surface area (Å²) in [6.45, 7) is 3.00. The van der Waals surface area contributed by atoms with Gasteiger partial charge in [-0.2, -0.15) is 10.4 Å². The minimum absolute atomic E-state index is 0.0138. The van der Waals surface area contributed by atoms with E-state index in [1.54, 1.807) is 4.90 Å². The molecule has 1 aliphatic rings. The molecule has 0 radical (unpaired) electrons. The lowest BCUT2D eigenvalue weighted by molar-refractivity contribution is -0.133. The zero-order chi connectivity index (χ0) is 16.4. The second-order valence-electron chi connectivity index (χ2n) is 6.07. The molecule has 1 aromatic carbocycles. The smallest absolute Gasteiger partial charge is 0.237 e. The Hall–Kier alpha value is -2.39. The molecule has 120 valence electrons. The van der Waals surface area contributed by atoms with Crippen molar-refractivity contribution in [3.05, 3.63) is 30.5 Å². The number of nitriles is 1. The van der Waals surface area contributed by atoms with Gasteiger partial charge in [0.25, 0.3) is 0 Å². The van der Waals surface area contributed by atoms with Crippen molar-refractivity contribution in [2.45, 2.75) is 32.0 Å². The fourth-order valence-electron chi connectivity index (χ4n) is 3.11. The number of amides is 1. The van der Waals surface area contributed by atoms with Crippen molar-refractivity contribution < 1.29 is 4.79 Å². The fourth-order valence-corrected chi connectivity index (χ4v) is 3.11. The molecule has 1 fully saturated rings. The Bertz CT molecular complexity index is 747. The van der Waals surface area contributed by atoms with Crippen LogP contribution in [0.15, 0.2) is 30.5 Å². The molecule has 0 aliphatic carbocycles. The van der Waals surface area contributed by atoms with Crippen molar-refractivity contribution in [2.75, 3.05) is 20.1 Å². The summed E-state index contributed by atoms with van der Waals surface area (Å²) in [6.07, 6.45) is 3.49. The fraction of sp³-hybridized carbons (Fsp3) is 0.471.